The number of carboxylic acid groups (broad SMARTS) is 1. The zero-order valence-electron chi connectivity index (χ0n) is 16.8. The number of aromatic nitrogens is 6. The predicted molar refractivity (Wildman–Crippen MR) is 109 cm³/mol. The van der Waals surface area contributed by atoms with Gasteiger partial charge < -0.3 is 10.4 Å². The van der Waals surface area contributed by atoms with Crippen molar-refractivity contribution >= 4 is 33.5 Å². The first kappa shape index (κ1) is 20.8. The lowest BCUT2D eigenvalue weighted by molar-refractivity contribution is -0.140. The summed E-state index contributed by atoms with van der Waals surface area (Å²) in [4.78, 5) is 23.7. The van der Waals surface area contributed by atoms with Gasteiger partial charge in [-0.05, 0) is 56.6 Å². The SMILES string of the molecule is Cc1nn(Cn2nc(C)c(NC(=O)c3ccn(C(C)C(=O)O)n3)c2C)c(C)c1Br. The predicted octanol–water partition coefficient (Wildman–Crippen LogP) is 2.68. The fraction of sp³-hybridized carbons (Fsp3) is 0.389. The van der Waals surface area contributed by atoms with Gasteiger partial charge >= 0.3 is 5.97 Å². The van der Waals surface area contributed by atoms with E-state index >= 15 is 0 Å². The third-order valence-corrected chi connectivity index (χ3v) is 5.92. The molecule has 2 N–H and O–H groups in total. The number of carbonyl (C=O) groups is 2. The molecule has 0 spiro atoms. The molecule has 0 aliphatic carbocycles. The Morgan fingerprint density at radius 3 is 2.31 bits per heavy atom. The summed E-state index contributed by atoms with van der Waals surface area (Å²) in [5.74, 6) is -1.45. The van der Waals surface area contributed by atoms with E-state index in [1.165, 1.54) is 23.9 Å². The fourth-order valence-corrected chi connectivity index (χ4v) is 3.20. The Kier molecular flexibility index (Phi) is 5.60. The molecular formula is C18H22BrN7O3. The first-order valence-electron chi connectivity index (χ1n) is 8.93. The van der Waals surface area contributed by atoms with Crippen molar-refractivity contribution in [3.63, 3.8) is 0 Å². The van der Waals surface area contributed by atoms with E-state index < -0.39 is 17.9 Å². The molecule has 29 heavy (non-hydrogen) atoms. The number of anilines is 1. The molecule has 1 unspecified atom stereocenters. The minimum Gasteiger partial charge on any atom is -0.480 e. The Balaban J connectivity index is 1.81. The van der Waals surface area contributed by atoms with Crippen LogP contribution in [0.1, 0.15) is 46.2 Å². The van der Waals surface area contributed by atoms with E-state index in [2.05, 4.69) is 36.5 Å². The highest BCUT2D eigenvalue weighted by molar-refractivity contribution is 9.10. The topological polar surface area (TPSA) is 120 Å². The maximum absolute atomic E-state index is 12.6. The number of rotatable bonds is 6. The molecule has 3 aromatic rings. The van der Waals surface area contributed by atoms with Crippen LogP contribution in [-0.4, -0.2) is 46.3 Å². The van der Waals surface area contributed by atoms with Crippen LogP contribution in [0.4, 0.5) is 5.69 Å². The van der Waals surface area contributed by atoms with Gasteiger partial charge in [0.2, 0.25) is 0 Å². The van der Waals surface area contributed by atoms with Gasteiger partial charge in [-0.15, -0.1) is 0 Å². The van der Waals surface area contributed by atoms with Gasteiger partial charge in [0.05, 0.1) is 32.9 Å². The van der Waals surface area contributed by atoms with E-state index in [0.717, 1.165) is 21.6 Å². The van der Waals surface area contributed by atoms with Crippen LogP contribution >= 0.6 is 15.9 Å². The summed E-state index contributed by atoms with van der Waals surface area (Å²) in [6, 6.07) is 0.625. The first-order chi connectivity index (χ1) is 13.6. The van der Waals surface area contributed by atoms with Crippen molar-refractivity contribution in [3.05, 3.63) is 45.2 Å². The zero-order valence-corrected chi connectivity index (χ0v) is 18.4. The minimum atomic E-state index is -1.02. The van der Waals surface area contributed by atoms with E-state index in [4.69, 9.17) is 5.11 Å². The number of aliphatic carboxylic acids is 1. The molecule has 154 valence electrons. The monoisotopic (exact) mass is 463 g/mol. The summed E-state index contributed by atoms with van der Waals surface area (Å²) < 4.78 is 5.79. The van der Waals surface area contributed by atoms with Gasteiger partial charge in [-0.2, -0.15) is 15.3 Å². The van der Waals surface area contributed by atoms with E-state index in [1.807, 2.05) is 25.5 Å². The van der Waals surface area contributed by atoms with Crippen LogP contribution in [0.15, 0.2) is 16.7 Å². The molecule has 3 rings (SSSR count). The lowest BCUT2D eigenvalue weighted by Gasteiger charge is -2.08. The molecule has 0 bridgehead atoms. The average Bonchev–Trinajstić information content (AvgIpc) is 3.32. The van der Waals surface area contributed by atoms with Gasteiger partial charge in [0.1, 0.15) is 12.7 Å². The Bertz CT molecular complexity index is 1100. The molecule has 0 saturated heterocycles. The van der Waals surface area contributed by atoms with Crippen LogP contribution in [0.25, 0.3) is 0 Å². The normalized spacial score (nSPS) is 12.2. The third kappa shape index (κ3) is 3.95. The molecule has 1 atom stereocenters. The summed E-state index contributed by atoms with van der Waals surface area (Å²) in [6.07, 6.45) is 1.47. The number of nitrogens with one attached hydrogen (secondary N) is 1. The van der Waals surface area contributed by atoms with Crippen molar-refractivity contribution in [1.82, 2.24) is 29.3 Å². The van der Waals surface area contributed by atoms with E-state index in [-0.39, 0.29) is 5.69 Å². The molecule has 1 amide bonds. The van der Waals surface area contributed by atoms with Crippen LogP contribution in [0, 0.1) is 27.7 Å². The maximum atomic E-state index is 12.6. The second-order valence-corrected chi connectivity index (χ2v) is 7.61. The van der Waals surface area contributed by atoms with Crippen LogP contribution in [-0.2, 0) is 11.5 Å². The standard InChI is InChI=1S/C18H22BrN7O3/c1-9-15(19)11(3)25(21-9)8-26-12(4)16(10(2)22-26)20-17(27)14-6-7-24(23-14)13(5)18(28)29/h6-7,13H,8H2,1-5H3,(H,20,27)(H,28,29). The molecule has 10 nitrogen and oxygen atoms in total. The van der Waals surface area contributed by atoms with E-state index in [1.54, 1.807) is 11.6 Å². The number of amides is 1. The Labute approximate surface area is 175 Å². The number of aryl methyl sites for hydroxylation is 2. The number of halogens is 1. The number of hydrogen-bond acceptors (Lipinski definition) is 5. The number of hydrogen-bond donors (Lipinski definition) is 2. The molecule has 3 heterocycles. The quantitative estimate of drug-likeness (QED) is 0.579. The highest BCUT2D eigenvalue weighted by atomic mass is 79.9. The van der Waals surface area contributed by atoms with Gasteiger partial charge in [-0.25, -0.2) is 14.2 Å². The summed E-state index contributed by atoms with van der Waals surface area (Å²) in [7, 11) is 0. The maximum Gasteiger partial charge on any atom is 0.328 e. The summed E-state index contributed by atoms with van der Waals surface area (Å²) in [6.45, 7) is 9.46. The second kappa shape index (κ2) is 7.82. The molecule has 0 saturated carbocycles. The summed E-state index contributed by atoms with van der Waals surface area (Å²) in [5.41, 5.74) is 4.04. The molecule has 0 fully saturated rings. The molecule has 0 aliphatic rings. The Morgan fingerprint density at radius 2 is 1.72 bits per heavy atom. The van der Waals surface area contributed by atoms with Gasteiger partial charge in [0.15, 0.2) is 5.69 Å². The van der Waals surface area contributed by atoms with Crippen molar-refractivity contribution < 1.29 is 14.7 Å². The van der Waals surface area contributed by atoms with Gasteiger partial charge in [-0.1, -0.05) is 0 Å². The van der Waals surface area contributed by atoms with Crippen LogP contribution in [0.5, 0.6) is 0 Å². The smallest absolute Gasteiger partial charge is 0.328 e. The minimum absolute atomic E-state index is 0.132. The van der Waals surface area contributed by atoms with E-state index in [9.17, 15) is 9.59 Å². The van der Waals surface area contributed by atoms with Crippen molar-refractivity contribution in [2.45, 2.75) is 47.3 Å². The number of carbonyl (C=O) groups excluding carboxylic acids is 1. The lowest BCUT2D eigenvalue weighted by atomic mass is 10.3. The third-order valence-electron chi connectivity index (χ3n) is 4.78. The molecule has 0 aliphatic heterocycles. The Morgan fingerprint density at radius 1 is 1.10 bits per heavy atom. The van der Waals surface area contributed by atoms with Gasteiger partial charge in [0.25, 0.3) is 5.91 Å². The highest BCUT2D eigenvalue weighted by Crippen LogP contribution is 2.23. The fourth-order valence-electron chi connectivity index (χ4n) is 2.92. The van der Waals surface area contributed by atoms with Crippen molar-refractivity contribution in [2.75, 3.05) is 5.32 Å². The molecule has 0 aromatic carbocycles. The van der Waals surface area contributed by atoms with Gasteiger partial charge in [-0.3, -0.25) is 9.48 Å². The van der Waals surface area contributed by atoms with Crippen LogP contribution in [0.2, 0.25) is 0 Å². The highest BCUT2D eigenvalue weighted by Gasteiger charge is 2.20. The largest absolute Gasteiger partial charge is 0.480 e. The molecule has 0 radical (unpaired) electrons. The lowest BCUT2D eigenvalue weighted by Crippen LogP contribution is -2.18. The summed E-state index contributed by atoms with van der Waals surface area (Å²) in [5, 5.41) is 25.0. The first-order valence-corrected chi connectivity index (χ1v) is 9.72. The van der Waals surface area contributed by atoms with Crippen molar-refractivity contribution in [3.8, 4) is 0 Å². The molecule has 3 aromatic heterocycles. The van der Waals surface area contributed by atoms with Crippen LogP contribution < -0.4 is 5.32 Å². The van der Waals surface area contributed by atoms with Crippen molar-refractivity contribution in [2.24, 2.45) is 0 Å². The second-order valence-electron chi connectivity index (χ2n) is 6.82. The number of nitrogens with zero attached hydrogens (tertiary/aromatic N) is 6. The average molecular weight is 464 g/mol. The number of carboxylic acids is 1. The molecular weight excluding hydrogens is 442 g/mol. The van der Waals surface area contributed by atoms with Crippen LogP contribution in [0.3, 0.4) is 0 Å². The van der Waals surface area contributed by atoms with Crippen molar-refractivity contribution in [1.29, 1.82) is 0 Å². The molecule has 11 heteroatoms. The Hall–Kier alpha value is -2.95. The summed E-state index contributed by atoms with van der Waals surface area (Å²) >= 11 is 3.52. The van der Waals surface area contributed by atoms with Gasteiger partial charge in [0, 0.05) is 6.20 Å². The zero-order chi connectivity index (χ0) is 21.5. The van der Waals surface area contributed by atoms with E-state index in [0.29, 0.717) is 18.1 Å².